The molecule has 1 aliphatic heterocycles. The smallest absolute Gasteiger partial charge is 0.0113 e. The van der Waals surface area contributed by atoms with E-state index in [1.165, 1.54) is 45.4 Å². The Morgan fingerprint density at radius 1 is 1.21 bits per heavy atom. The molecule has 83 valence electrons. The van der Waals surface area contributed by atoms with Crippen molar-refractivity contribution in [2.75, 3.05) is 33.2 Å². The highest BCUT2D eigenvalue weighted by Crippen LogP contribution is 2.14. The van der Waals surface area contributed by atoms with Crippen LogP contribution in [-0.2, 0) is 0 Å². The minimum Gasteiger partial charge on any atom is -0.304 e. The summed E-state index contributed by atoms with van der Waals surface area (Å²) in [6.45, 7) is 9.47. The molecular formula is C12H25N2. The van der Waals surface area contributed by atoms with Gasteiger partial charge in [-0.2, -0.15) is 0 Å². The van der Waals surface area contributed by atoms with Gasteiger partial charge in [-0.05, 0) is 26.3 Å². The van der Waals surface area contributed by atoms with Gasteiger partial charge in [-0.3, -0.25) is 4.90 Å². The first-order valence-corrected chi connectivity index (χ1v) is 5.98. The van der Waals surface area contributed by atoms with Crippen molar-refractivity contribution in [3.05, 3.63) is 6.42 Å². The molecule has 0 amide bonds. The second-order valence-electron chi connectivity index (χ2n) is 4.43. The van der Waals surface area contributed by atoms with Crippen LogP contribution in [-0.4, -0.2) is 49.1 Å². The van der Waals surface area contributed by atoms with Crippen LogP contribution in [0.15, 0.2) is 0 Å². The van der Waals surface area contributed by atoms with Crippen LogP contribution in [0.25, 0.3) is 0 Å². The number of nitrogens with zero attached hydrogens (tertiary/aromatic N) is 2. The van der Waals surface area contributed by atoms with Gasteiger partial charge in [0.15, 0.2) is 0 Å². The number of piperazine rings is 1. The molecule has 0 saturated carbocycles. The standard InChI is InChI=1S/C12H25N2/c1-4-6-12(7-5-2)14-10-8-13(3)9-11-14/h4,12H,5-11H2,1-3H3/t12-/m0/s1. The van der Waals surface area contributed by atoms with Crippen molar-refractivity contribution in [1.82, 2.24) is 9.80 Å². The molecule has 14 heavy (non-hydrogen) atoms. The Hall–Kier alpha value is -0.0800. The third-order valence-electron chi connectivity index (χ3n) is 3.18. The molecule has 1 atom stereocenters. The van der Waals surface area contributed by atoms with E-state index in [4.69, 9.17) is 0 Å². The first-order valence-electron chi connectivity index (χ1n) is 5.98. The summed E-state index contributed by atoms with van der Waals surface area (Å²) in [6, 6.07) is 0.804. The van der Waals surface area contributed by atoms with E-state index >= 15 is 0 Å². The van der Waals surface area contributed by atoms with Crippen molar-refractivity contribution < 1.29 is 0 Å². The highest BCUT2D eigenvalue weighted by molar-refractivity contribution is 4.80. The number of likely N-dealkylation sites (N-methyl/N-ethyl adjacent to an activating group) is 1. The van der Waals surface area contributed by atoms with Crippen molar-refractivity contribution in [2.24, 2.45) is 0 Å². The summed E-state index contributed by atoms with van der Waals surface area (Å²) in [6.07, 6.45) is 6.25. The lowest BCUT2D eigenvalue weighted by molar-refractivity contribution is 0.105. The summed E-state index contributed by atoms with van der Waals surface area (Å²) in [4.78, 5) is 5.10. The second-order valence-corrected chi connectivity index (χ2v) is 4.43. The van der Waals surface area contributed by atoms with E-state index in [2.05, 4.69) is 37.1 Å². The molecule has 0 bridgehead atoms. The van der Waals surface area contributed by atoms with Gasteiger partial charge in [0.1, 0.15) is 0 Å². The lowest BCUT2D eigenvalue weighted by atomic mass is 10.0. The van der Waals surface area contributed by atoms with Crippen molar-refractivity contribution >= 4 is 0 Å². The molecule has 0 aliphatic carbocycles. The quantitative estimate of drug-likeness (QED) is 0.665. The van der Waals surface area contributed by atoms with Crippen LogP contribution in [0, 0.1) is 6.42 Å². The average molecular weight is 197 g/mol. The Kier molecular flexibility index (Phi) is 5.49. The predicted octanol–water partition coefficient (Wildman–Crippen LogP) is 2.02. The SMILES string of the molecule is C[CH]C[C@@H](CCC)N1CCN(C)CC1. The van der Waals surface area contributed by atoms with Crippen LogP contribution in [0.3, 0.4) is 0 Å². The summed E-state index contributed by atoms with van der Waals surface area (Å²) in [5, 5.41) is 0. The van der Waals surface area contributed by atoms with Crippen LogP contribution in [0.4, 0.5) is 0 Å². The maximum atomic E-state index is 2.67. The van der Waals surface area contributed by atoms with E-state index < -0.39 is 0 Å². The summed E-state index contributed by atoms with van der Waals surface area (Å²) < 4.78 is 0. The van der Waals surface area contributed by atoms with Gasteiger partial charge < -0.3 is 4.90 Å². The highest BCUT2D eigenvalue weighted by atomic mass is 15.3. The maximum absolute atomic E-state index is 2.67. The molecule has 1 saturated heterocycles. The zero-order chi connectivity index (χ0) is 10.4. The lowest BCUT2D eigenvalue weighted by Crippen LogP contribution is -2.48. The molecule has 1 fully saturated rings. The molecular weight excluding hydrogens is 172 g/mol. The normalized spacial score (nSPS) is 20.6. The topological polar surface area (TPSA) is 6.48 Å². The first-order chi connectivity index (χ1) is 6.77. The van der Waals surface area contributed by atoms with Crippen LogP contribution in [0.1, 0.15) is 33.1 Å². The minimum atomic E-state index is 0.804. The monoisotopic (exact) mass is 197 g/mol. The Morgan fingerprint density at radius 3 is 2.36 bits per heavy atom. The fraction of sp³-hybridized carbons (Fsp3) is 0.917. The molecule has 2 nitrogen and oxygen atoms in total. The van der Waals surface area contributed by atoms with Crippen molar-refractivity contribution in [2.45, 2.75) is 39.2 Å². The lowest BCUT2D eigenvalue weighted by Gasteiger charge is -2.38. The minimum absolute atomic E-state index is 0.804. The van der Waals surface area contributed by atoms with Crippen LogP contribution in [0.5, 0.6) is 0 Å². The maximum Gasteiger partial charge on any atom is 0.0113 e. The molecule has 0 aromatic heterocycles. The Balaban J connectivity index is 2.34. The van der Waals surface area contributed by atoms with Gasteiger partial charge in [-0.15, -0.1) is 0 Å². The summed E-state index contributed by atoms with van der Waals surface area (Å²) in [5.74, 6) is 0. The summed E-state index contributed by atoms with van der Waals surface area (Å²) >= 11 is 0. The molecule has 0 N–H and O–H groups in total. The number of hydrogen-bond acceptors (Lipinski definition) is 2. The van der Waals surface area contributed by atoms with Gasteiger partial charge in [0.25, 0.3) is 0 Å². The largest absolute Gasteiger partial charge is 0.304 e. The molecule has 1 aliphatic rings. The Bertz CT molecular complexity index is 133. The molecule has 1 rings (SSSR count). The predicted molar refractivity (Wildman–Crippen MR) is 62.4 cm³/mol. The van der Waals surface area contributed by atoms with E-state index in [0.29, 0.717) is 0 Å². The van der Waals surface area contributed by atoms with E-state index in [0.717, 1.165) is 6.04 Å². The Labute approximate surface area is 89.3 Å². The third kappa shape index (κ3) is 3.58. The molecule has 1 heterocycles. The average Bonchev–Trinajstić information content (AvgIpc) is 2.19. The van der Waals surface area contributed by atoms with Crippen LogP contribution < -0.4 is 0 Å². The summed E-state index contributed by atoms with van der Waals surface area (Å²) in [5.41, 5.74) is 0. The fourth-order valence-corrected chi connectivity index (χ4v) is 2.24. The van der Waals surface area contributed by atoms with Gasteiger partial charge in [-0.1, -0.05) is 20.3 Å². The van der Waals surface area contributed by atoms with Crippen LogP contribution >= 0.6 is 0 Å². The molecule has 0 unspecified atom stereocenters. The van der Waals surface area contributed by atoms with Crippen molar-refractivity contribution in [3.8, 4) is 0 Å². The van der Waals surface area contributed by atoms with E-state index in [9.17, 15) is 0 Å². The van der Waals surface area contributed by atoms with Gasteiger partial charge in [0.2, 0.25) is 0 Å². The first kappa shape index (κ1) is 12.0. The molecule has 0 aromatic carbocycles. The highest BCUT2D eigenvalue weighted by Gasteiger charge is 2.20. The van der Waals surface area contributed by atoms with Gasteiger partial charge in [0.05, 0.1) is 0 Å². The second kappa shape index (κ2) is 6.41. The molecule has 0 spiro atoms. The van der Waals surface area contributed by atoms with Crippen LogP contribution in [0.2, 0.25) is 0 Å². The van der Waals surface area contributed by atoms with Gasteiger partial charge in [-0.25, -0.2) is 0 Å². The van der Waals surface area contributed by atoms with E-state index in [-0.39, 0.29) is 0 Å². The van der Waals surface area contributed by atoms with Crippen molar-refractivity contribution in [1.29, 1.82) is 0 Å². The van der Waals surface area contributed by atoms with E-state index in [1.807, 2.05) is 0 Å². The van der Waals surface area contributed by atoms with Gasteiger partial charge in [0, 0.05) is 32.2 Å². The molecule has 0 aromatic rings. The zero-order valence-corrected chi connectivity index (χ0v) is 10.00. The summed E-state index contributed by atoms with van der Waals surface area (Å²) in [7, 11) is 2.22. The zero-order valence-electron chi connectivity index (χ0n) is 10.00. The van der Waals surface area contributed by atoms with E-state index in [1.54, 1.807) is 0 Å². The Morgan fingerprint density at radius 2 is 1.86 bits per heavy atom. The fourth-order valence-electron chi connectivity index (χ4n) is 2.24. The molecule has 1 radical (unpaired) electrons. The third-order valence-corrected chi connectivity index (χ3v) is 3.18. The van der Waals surface area contributed by atoms with Gasteiger partial charge >= 0.3 is 0 Å². The number of rotatable bonds is 5. The number of hydrogen-bond donors (Lipinski definition) is 0. The molecule has 2 heteroatoms. The van der Waals surface area contributed by atoms with Crippen molar-refractivity contribution in [3.63, 3.8) is 0 Å².